The molecule has 4 rings (SSSR count). The van der Waals surface area contributed by atoms with Crippen LogP contribution in [-0.4, -0.2) is 30.8 Å². The van der Waals surface area contributed by atoms with Crippen molar-refractivity contribution in [3.8, 4) is 11.7 Å². The predicted molar refractivity (Wildman–Crippen MR) is 107 cm³/mol. The van der Waals surface area contributed by atoms with Gasteiger partial charge in [0, 0.05) is 6.20 Å². The maximum atomic E-state index is 12.6. The van der Waals surface area contributed by atoms with Crippen molar-refractivity contribution in [2.24, 2.45) is 0 Å². The van der Waals surface area contributed by atoms with Gasteiger partial charge in [0.05, 0.1) is 22.7 Å². The highest BCUT2D eigenvalue weighted by Crippen LogP contribution is 2.24. The third-order valence-corrected chi connectivity index (χ3v) is 4.60. The molecule has 0 amide bonds. The topological polar surface area (TPSA) is 110 Å². The molecule has 146 valence electrons. The Hall–Kier alpha value is -3.94. The minimum absolute atomic E-state index is 0.00624. The summed E-state index contributed by atoms with van der Waals surface area (Å²) in [6.45, 7) is 4.30. The molecule has 4 aromatic rings. The van der Waals surface area contributed by atoms with Crippen molar-refractivity contribution < 1.29 is 14.6 Å². The van der Waals surface area contributed by atoms with Crippen molar-refractivity contribution in [2.45, 2.75) is 20.5 Å². The van der Waals surface area contributed by atoms with E-state index in [0.717, 1.165) is 22.4 Å². The molecule has 0 saturated heterocycles. The summed E-state index contributed by atoms with van der Waals surface area (Å²) in [6, 6.07) is 11.3. The van der Waals surface area contributed by atoms with Crippen LogP contribution in [0.4, 0.5) is 0 Å². The molecule has 2 N–H and O–H groups in total. The van der Waals surface area contributed by atoms with E-state index < -0.39 is 5.97 Å². The van der Waals surface area contributed by atoms with Gasteiger partial charge in [-0.3, -0.25) is 9.78 Å². The van der Waals surface area contributed by atoms with E-state index in [1.807, 2.05) is 38.1 Å². The van der Waals surface area contributed by atoms with E-state index in [1.165, 1.54) is 17.1 Å². The average Bonchev–Trinajstić information content (AvgIpc) is 3.18. The Kier molecular flexibility index (Phi) is 4.59. The highest BCUT2D eigenvalue weighted by atomic mass is 16.5. The molecule has 0 atom stereocenters. The number of carboxylic acids is 1. The van der Waals surface area contributed by atoms with Gasteiger partial charge in [0.15, 0.2) is 0 Å². The third kappa shape index (κ3) is 3.60. The van der Waals surface area contributed by atoms with Crippen LogP contribution >= 0.6 is 0 Å². The van der Waals surface area contributed by atoms with Crippen LogP contribution in [0.2, 0.25) is 0 Å². The van der Waals surface area contributed by atoms with Crippen LogP contribution in [-0.2, 0) is 6.61 Å². The van der Waals surface area contributed by atoms with Crippen LogP contribution in [0, 0.1) is 13.8 Å². The largest absolute Gasteiger partial charge is 0.488 e. The maximum Gasteiger partial charge on any atom is 0.338 e. The van der Waals surface area contributed by atoms with Crippen LogP contribution in [0.5, 0.6) is 5.75 Å². The fourth-order valence-electron chi connectivity index (χ4n) is 3.10. The van der Waals surface area contributed by atoms with E-state index in [9.17, 15) is 9.59 Å². The molecule has 2 aromatic heterocycles. The number of aromatic amines is 1. The number of nitrogens with zero attached hydrogens (tertiary/aromatic N) is 3. The van der Waals surface area contributed by atoms with Crippen LogP contribution in [0.15, 0.2) is 53.6 Å². The molecule has 0 radical (unpaired) electrons. The zero-order valence-corrected chi connectivity index (χ0v) is 15.8. The number of H-pyrrole nitrogens is 1. The van der Waals surface area contributed by atoms with E-state index in [-0.39, 0.29) is 17.1 Å². The maximum absolute atomic E-state index is 12.6. The average molecular weight is 390 g/mol. The zero-order chi connectivity index (χ0) is 20.5. The molecule has 0 aliphatic carbocycles. The van der Waals surface area contributed by atoms with Crippen LogP contribution in [0.1, 0.15) is 27.0 Å². The second kappa shape index (κ2) is 7.23. The molecule has 0 fully saturated rings. The van der Waals surface area contributed by atoms with Gasteiger partial charge in [-0.25, -0.2) is 14.5 Å². The number of benzene rings is 2. The highest BCUT2D eigenvalue weighted by molar-refractivity contribution is 5.87. The number of carboxylic acid groups (broad SMARTS) is 1. The van der Waals surface area contributed by atoms with Gasteiger partial charge in [-0.2, -0.15) is 5.10 Å². The van der Waals surface area contributed by atoms with Gasteiger partial charge in [-0.1, -0.05) is 24.3 Å². The molecule has 0 unspecified atom stereocenters. The van der Waals surface area contributed by atoms with Crippen LogP contribution < -0.4 is 10.3 Å². The van der Waals surface area contributed by atoms with E-state index in [0.29, 0.717) is 17.5 Å². The number of para-hydroxylation sites is 1. The van der Waals surface area contributed by atoms with E-state index in [1.54, 1.807) is 12.1 Å². The summed E-state index contributed by atoms with van der Waals surface area (Å²) in [4.78, 5) is 30.6. The Morgan fingerprint density at radius 1 is 1.21 bits per heavy atom. The van der Waals surface area contributed by atoms with Crippen molar-refractivity contribution in [3.05, 3.63) is 81.4 Å². The molecular weight excluding hydrogens is 372 g/mol. The first-order chi connectivity index (χ1) is 13.9. The summed E-state index contributed by atoms with van der Waals surface area (Å²) in [5.41, 5.74) is 3.09. The standard InChI is InChI=1S/C21H18N4O4/c1-12-4-3-5-13(2)18(12)29-11-14-6-7-17-16(8-14)19(26)24-21(23-17)25-10-15(9-22-25)20(27)28/h3-10H,11H2,1-2H3,(H,27,28)(H,23,24,26). The molecule has 0 bridgehead atoms. The molecule has 2 heterocycles. The first-order valence-electron chi connectivity index (χ1n) is 8.92. The number of carbonyl (C=O) groups is 1. The zero-order valence-electron chi connectivity index (χ0n) is 15.8. The minimum atomic E-state index is -1.10. The molecule has 0 aliphatic heterocycles. The second-order valence-corrected chi connectivity index (χ2v) is 6.73. The van der Waals surface area contributed by atoms with E-state index >= 15 is 0 Å². The summed E-state index contributed by atoms with van der Waals surface area (Å²) in [6.07, 6.45) is 2.49. The molecule has 0 aliphatic rings. The minimum Gasteiger partial charge on any atom is -0.488 e. The molecule has 0 saturated carbocycles. The van der Waals surface area contributed by atoms with E-state index in [2.05, 4.69) is 15.1 Å². The lowest BCUT2D eigenvalue weighted by molar-refractivity contribution is 0.0697. The summed E-state index contributed by atoms with van der Waals surface area (Å²) in [5, 5.41) is 13.4. The summed E-state index contributed by atoms with van der Waals surface area (Å²) in [7, 11) is 0. The van der Waals surface area contributed by atoms with Gasteiger partial charge in [-0.15, -0.1) is 0 Å². The number of aryl methyl sites for hydroxylation is 2. The van der Waals surface area contributed by atoms with Crippen molar-refractivity contribution >= 4 is 16.9 Å². The fraction of sp³-hybridized carbons (Fsp3) is 0.143. The van der Waals surface area contributed by atoms with Crippen molar-refractivity contribution in [2.75, 3.05) is 0 Å². The molecule has 29 heavy (non-hydrogen) atoms. The van der Waals surface area contributed by atoms with Gasteiger partial charge < -0.3 is 9.84 Å². The Balaban J connectivity index is 1.63. The first-order valence-corrected chi connectivity index (χ1v) is 8.92. The van der Waals surface area contributed by atoms with Gasteiger partial charge in [0.2, 0.25) is 5.95 Å². The highest BCUT2D eigenvalue weighted by Gasteiger charge is 2.11. The second-order valence-electron chi connectivity index (χ2n) is 6.73. The van der Waals surface area contributed by atoms with Crippen LogP contribution in [0.3, 0.4) is 0 Å². The van der Waals surface area contributed by atoms with Crippen molar-refractivity contribution in [3.63, 3.8) is 0 Å². The first kappa shape index (κ1) is 18.4. The van der Waals surface area contributed by atoms with Gasteiger partial charge in [-0.05, 0) is 42.7 Å². The lowest BCUT2D eigenvalue weighted by atomic mass is 10.1. The lowest BCUT2D eigenvalue weighted by Crippen LogP contribution is -2.14. The number of fused-ring (bicyclic) bond motifs is 1. The number of nitrogens with one attached hydrogen (secondary N) is 1. The Morgan fingerprint density at radius 3 is 2.66 bits per heavy atom. The molecular formula is C21H18N4O4. The Labute approximate surface area is 165 Å². The summed E-state index contributed by atoms with van der Waals surface area (Å²) >= 11 is 0. The molecule has 8 nitrogen and oxygen atoms in total. The third-order valence-electron chi connectivity index (χ3n) is 4.60. The number of hydrogen-bond acceptors (Lipinski definition) is 5. The molecule has 8 heteroatoms. The number of hydrogen-bond donors (Lipinski definition) is 2. The molecule has 0 spiro atoms. The van der Waals surface area contributed by atoms with Gasteiger partial charge in [0.25, 0.3) is 5.56 Å². The van der Waals surface area contributed by atoms with Gasteiger partial charge >= 0.3 is 5.97 Å². The predicted octanol–water partition coefficient (Wildman–Crippen LogP) is 3.00. The lowest BCUT2D eigenvalue weighted by Gasteiger charge is -2.12. The quantitative estimate of drug-likeness (QED) is 0.542. The number of rotatable bonds is 5. The number of ether oxygens (including phenoxy) is 1. The fourth-order valence-corrected chi connectivity index (χ4v) is 3.10. The Bertz CT molecular complexity index is 1270. The monoisotopic (exact) mass is 390 g/mol. The number of aromatic nitrogens is 4. The smallest absolute Gasteiger partial charge is 0.338 e. The Morgan fingerprint density at radius 2 is 1.97 bits per heavy atom. The van der Waals surface area contributed by atoms with Crippen molar-refractivity contribution in [1.82, 2.24) is 19.7 Å². The van der Waals surface area contributed by atoms with E-state index in [4.69, 9.17) is 9.84 Å². The number of aromatic carboxylic acids is 1. The van der Waals surface area contributed by atoms with Gasteiger partial charge in [0.1, 0.15) is 12.4 Å². The summed E-state index contributed by atoms with van der Waals surface area (Å²) < 4.78 is 7.18. The van der Waals surface area contributed by atoms with Crippen molar-refractivity contribution in [1.29, 1.82) is 0 Å². The normalized spacial score (nSPS) is 11.0. The summed E-state index contributed by atoms with van der Waals surface area (Å²) in [5.74, 6) is -0.120. The SMILES string of the molecule is Cc1cccc(C)c1OCc1ccc2nc(-n3cc(C(=O)O)cn3)[nH]c(=O)c2c1. The van der Waals surface area contributed by atoms with Crippen LogP contribution in [0.25, 0.3) is 16.9 Å². The molecule has 2 aromatic carbocycles.